The molecule has 0 saturated heterocycles. The van der Waals surface area contributed by atoms with E-state index in [1.807, 2.05) is 24.3 Å². The summed E-state index contributed by atoms with van der Waals surface area (Å²) < 4.78 is 7.31. The molecule has 0 aliphatic carbocycles. The summed E-state index contributed by atoms with van der Waals surface area (Å²) in [6, 6.07) is 86.6. The molecule has 9 heterocycles. The Morgan fingerprint density at radius 3 is 1.26 bits per heavy atom. The molecule has 9 heteroatoms. The maximum Gasteiger partial charge on any atom is 0.248 e. The Bertz CT molecular complexity index is 5700. The van der Waals surface area contributed by atoms with Gasteiger partial charge < -0.3 is 13.7 Å². The minimum atomic E-state index is 0.131. The number of hydrogen-bond acceptors (Lipinski definition) is 1. The van der Waals surface area contributed by atoms with Gasteiger partial charge in [0.15, 0.2) is 11.4 Å². The molecule has 0 spiro atoms. The van der Waals surface area contributed by atoms with Crippen LogP contribution in [0.15, 0.2) is 237 Å². The molecule has 84 heavy (non-hydrogen) atoms. The Balaban J connectivity index is 0.0000000929. The Labute approximate surface area is 483 Å². The maximum absolute atomic E-state index is 9.40. The van der Waals surface area contributed by atoms with Crippen molar-refractivity contribution in [3.63, 3.8) is 0 Å². The highest BCUT2D eigenvalue weighted by molar-refractivity contribution is 7.03. The second kappa shape index (κ2) is 16.4. The van der Waals surface area contributed by atoms with Crippen molar-refractivity contribution < 1.29 is 0 Å². The molecule has 0 amide bonds. The van der Waals surface area contributed by atoms with E-state index in [1.54, 1.807) is 0 Å². The van der Waals surface area contributed by atoms with Gasteiger partial charge in [-0.3, -0.25) is 0 Å². The highest BCUT2D eigenvalue weighted by atomic mass is 15.0. The van der Waals surface area contributed by atoms with Gasteiger partial charge in [0.05, 0.1) is 41.3 Å². The van der Waals surface area contributed by atoms with E-state index in [1.165, 1.54) is 165 Å². The van der Waals surface area contributed by atoms with Crippen LogP contribution in [0.3, 0.4) is 0 Å². The fourth-order valence-electron chi connectivity index (χ4n) is 16.3. The first kappa shape index (κ1) is 45.4. The van der Waals surface area contributed by atoms with Gasteiger partial charge in [-0.15, -0.1) is 0 Å². The number of benzene rings is 12. The van der Waals surface area contributed by atoms with Gasteiger partial charge in [-0.2, -0.15) is 5.26 Å². The van der Waals surface area contributed by atoms with E-state index in [2.05, 4.69) is 242 Å². The van der Waals surface area contributed by atoms with Crippen LogP contribution in [-0.4, -0.2) is 33.8 Å². The van der Waals surface area contributed by atoms with Crippen LogP contribution in [0.25, 0.3) is 126 Å². The summed E-state index contributed by atoms with van der Waals surface area (Å²) in [4.78, 5) is 7.58. The zero-order valence-electron chi connectivity index (χ0n) is 44.9. The summed E-state index contributed by atoms with van der Waals surface area (Å²) in [7, 11) is 0. The van der Waals surface area contributed by atoms with Crippen LogP contribution >= 0.6 is 0 Å². The number of nitrogens with zero attached hydrogens (tertiary/aromatic N) is 6. The van der Waals surface area contributed by atoms with E-state index in [4.69, 9.17) is 13.1 Å². The van der Waals surface area contributed by atoms with Crippen LogP contribution in [0.5, 0.6) is 0 Å². The summed E-state index contributed by atoms with van der Waals surface area (Å²) in [6.07, 6.45) is 0. The van der Waals surface area contributed by atoms with Crippen LogP contribution < -0.4 is 49.2 Å². The van der Waals surface area contributed by atoms with Crippen molar-refractivity contribution >= 4 is 146 Å². The molecule has 12 aromatic carbocycles. The number of rotatable bonds is 0. The summed E-state index contributed by atoms with van der Waals surface area (Å²) in [5, 5.41) is 17.2. The Kier molecular flexibility index (Phi) is 8.89. The second-order valence-corrected chi connectivity index (χ2v) is 22.9. The third-order valence-electron chi connectivity index (χ3n) is 19.3. The van der Waals surface area contributed by atoms with E-state index in [0.717, 1.165) is 11.3 Å². The molecular formula is C75H39B3N6. The van der Waals surface area contributed by atoms with Crippen molar-refractivity contribution in [2.45, 2.75) is 0 Å². The number of aromatic nitrogens is 3. The zero-order valence-corrected chi connectivity index (χ0v) is 44.9. The van der Waals surface area contributed by atoms with Crippen LogP contribution in [0.2, 0.25) is 0 Å². The van der Waals surface area contributed by atoms with Crippen LogP contribution in [-0.2, 0) is 0 Å². The molecule has 0 radical (unpaired) electrons. The second-order valence-electron chi connectivity index (χ2n) is 22.9. The van der Waals surface area contributed by atoms with E-state index in [0.29, 0.717) is 5.69 Å². The molecular weight excluding hydrogens is 1020 g/mol. The first-order valence-corrected chi connectivity index (χ1v) is 28.6. The van der Waals surface area contributed by atoms with Crippen molar-refractivity contribution in [1.29, 1.82) is 5.26 Å². The van der Waals surface area contributed by atoms with Crippen LogP contribution in [0, 0.1) is 24.5 Å². The predicted octanol–water partition coefficient (Wildman–Crippen LogP) is 11.8. The van der Waals surface area contributed by atoms with Gasteiger partial charge in [-0.25, -0.2) is 9.69 Å². The maximum atomic E-state index is 9.40. The first-order chi connectivity index (χ1) is 41.6. The third-order valence-corrected chi connectivity index (χ3v) is 19.3. The molecule has 0 unspecified atom stereocenters. The summed E-state index contributed by atoms with van der Waals surface area (Å²) in [6.45, 7) is 15.8. The molecule has 0 fully saturated rings. The van der Waals surface area contributed by atoms with Gasteiger partial charge in [0.2, 0.25) is 20.1 Å². The van der Waals surface area contributed by atoms with Gasteiger partial charge in [0.1, 0.15) is 0 Å². The van der Waals surface area contributed by atoms with Crippen molar-refractivity contribution in [3.8, 4) is 56.5 Å². The van der Waals surface area contributed by atoms with E-state index in [-0.39, 0.29) is 20.1 Å². The van der Waals surface area contributed by atoms with Crippen molar-refractivity contribution in [3.05, 3.63) is 265 Å². The number of nitriles is 1. The van der Waals surface area contributed by atoms with E-state index < -0.39 is 0 Å². The summed E-state index contributed by atoms with van der Waals surface area (Å²) in [5.74, 6) is 0. The first-order valence-electron chi connectivity index (χ1n) is 28.6. The fourth-order valence-corrected chi connectivity index (χ4v) is 16.3. The number of hydrogen-bond donors (Lipinski definition) is 0. The number of fused-ring (bicyclic) bond motifs is 24. The largest absolute Gasteiger partial charge is 0.310 e. The van der Waals surface area contributed by atoms with Gasteiger partial charge in [-0.05, 0) is 115 Å². The lowest BCUT2D eigenvalue weighted by Gasteiger charge is -2.24. The highest BCUT2D eigenvalue weighted by Crippen LogP contribution is 2.41. The van der Waals surface area contributed by atoms with Gasteiger partial charge in [0.25, 0.3) is 0 Å². The smallest absolute Gasteiger partial charge is 0.248 e. The number of para-hydroxylation sites is 6. The lowest BCUT2D eigenvalue weighted by Crippen LogP contribution is -2.53. The third kappa shape index (κ3) is 5.60. The molecule has 6 aliphatic heterocycles. The van der Waals surface area contributed by atoms with Gasteiger partial charge >= 0.3 is 0 Å². The molecule has 378 valence electrons. The molecule has 0 N–H and O–H groups in total. The van der Waals surface area contributed by atoms with Gasteiger partial charge in [-0.1, -0.05) is 204 Å². The summed E-state index contributed by atoms with van der Waals surface area (Å²) >= 11 is 0. The molecule has 0 bridgehead atoms. The van der Waals surface area contributed by atoms with E-state index in [9.17, 15) is 5.26 Å². The average Bonchev–Trinajstić information content (AvgIpc) is 2.69. The average molecular weight is 1060 g/mol. The standard InChI is InChI=1S/3C25H13BN2/c1-27-20-12-5-8-16-17-9-6-14-22-24(17)26(23(16)20)19-11-4-10-18-15-7-2-3-13-21(15)28(22)25(18)19;1-27-15-12-13-16-18-7-5-11-23-24(18)26(21(16)14-15)20-9-4-8-19-17-6-2-3-10-22(17)28(23)25(19)20;27-14-15-11-12-20-19(13-15)17-6-4-10-23-24(17)26(20)21-8-3-7-18-16-5-1-2-9-22(16)28(23)25(18)21/h2*2-14H;1-13H. The van der Waals surface area contributed by atoms with Crippen molar-refractivity contribution in [2.24, 2.45) is 0 Å². The minimum absolute atomic E-state index is 0.131. The quantitative estimate of drug-likeness (QED) is 0.110. The molecule has 0 atom stereocenters. The molecule has 15 aromatic rings. The topological polar surface area (TPSA) is 47.3 Å². The molecule has 6 aliphatic rings. The van der Waals surface area contributed by atoms with Crippen molar-refractivity contribution in [1.82, 2.24) is 13.7 Å². The zero-order chi connectivity index (χ0) is 55.2. The van der Waals surface area contributed by atoms with Gasteiger partial charge in [0, 0.05) is 65.9 Å². The molecule has 21 rings (SSSR count). The highest BCUT2D eigenvalue weighted by Gasteiger charge is 2.44. The minimum Gasteiger partial charge on any atom is -0.310 e. The molecule has 6 nitrogen and oxygen atoms in total. The van der Waals surface area contributed by atoms with Crippen LogP contribution in [0.1, 0.15) is 5.56 Å². The lowest BCUT2D eigenvalue weighted by molar-refractivity contribution is 1.19. The Morgan fingerprint density at radius 1 is 0.321 bits per heavy atom. The van der Waals surface area contributed by atoms with Crippen LogP contribution in [0.4, 0.5) is 11.4 Å². The SMILES string of the molecule is N#Cc1ccc2c(c1)-c1cccc3c1B2c1cccc2c4ccccc4n-3c12.[C-]#[N+]c1ccc2c(c1)B1c3c-2cccc3-n2c3ccccc3c3cccc1c32.[C-]#[N+]c1cccc2c1B1c3c-2cccc3-n2c3ccccc3c3cccc1c32. The Morgan fingerprint density at radius 2 is 0.750 bits per heavy atom. The summed E-state index contributed by atoms with van der Waals surface area (Å²) in [5.41, 5.74) is 33.0. The van der Waals surface area contributed by atoms with Crippen molar-refractivity contribution in [2.75, 3.05) is 0 Å². The lowest BCUT2D eigenvalue weighted by atomic mass is 9.37. The normalized spacial score (nSPS) is 12.9. The van der Waals surface area contributed by atoms with E-state index >= 15 is 0 Å². The predicted molar refractivity (Wildman–Crippen MR) is 350 cm³/mol. The fraction of sp³-hybridized carbons (Fsp3) is 0. The monoisotopic (exact) mass is 1060 g/mol. The molecule has 3 aromatic heterocycles. The molecule has 0 saturated carbocycles. The Hall–Kier alpha value is -11.3.